The first-order chi connectivity index (χ1) is 9.13. The first kappa shape index (κ1) is 13.8. The fourth-order valence-corrected chi connectivity index (χ4v) is 2.53. The van der Waals surface area contributed by atoms with E-state index >= 15 is 0 Å². The fourth-order valence-electron chi connectivity index (χ4n) is 1.68. The Hall–Kier alpha value is -1.60. The Labute approximate surface area is 114 Å². The summed E-state index contributed by atoms with van der Waals surface area (Å²) in [6.07, 6.45) is 2.44. The van der Waals surface area contributed by atoms with E-state index in [1.165, 1.54) is 16.2 Å². The highest BCUT2D eigenvalue weighted by Gasteiger charge is 2.14. The van der Waals surface area contributed by atoms with Crippen molar-refractivity contribution in [2.45, 2.75) is 18.6 Å². The highest BCUT2D eigenvalue weighted by atomic mass is 32.2. The van der Waals surface area contributed by atoms with E-state index < -0.39 is 5.69 Å². The molecule has 0 fully saturated rings. The summed E-state index contributed by atoms with van der Waals surface area (Å²) >= 11 is 1.48. The highest BCUT2D eigenvalue weighted by Crippen LogP contribution is 2.13. The second kappa shape index (κ2) is 6.03. The first-order valence-corrected chi connectivity index (χ1v) is 7.09. The zero-order valence-corrected chi connectivity index (χ0v) is 11.5. The van der Waals surface area contributed by atoms with Crippen molar-refractivity contribution in [3.63, 3.8) is 0 Å². The molecule has 0 amide bonds. The van der Waals surface area contributed by atoms with E-state index in [1.54, 1.807) is 24.4 Å². The molecule has 2 aromatic rings. The van der Waals surface area contributed by atoms with E-state index in [4.69, 9.17) is 5.73 Å². The van der Waals surface area contributed by atoms with E-state index in [0.717, 1.165) is 11.1 Å². The van der Waals surface area contributed by atoms with Crippen molar-refractivity contribution in [1.29, 1.82) is 0 Å². The minimum absolute atomic E-state index is 0.227. The standard InChI is InChI=1S/C12H16N4O2S/c1-9(5-6-13)19-8-11(17)16-12(18)15-7-3-2-4-10(15)14-16/h2-4,7,9H,5-6,8,13H2,1H3. The minimum Gasteiger partial charge on any atom is -0.330 e. The van der Waals surface area contributed by atoms with E-state index in [2.05, 4.69) is 5.10 Å². The van der Waals surface area contributed by atoms with Crippen molar-refractivity contribution in [2.75, 3.05) is 12.3 Å². The van der Waals surface area contributed by atoms with Crippen molar-refractivity contribution < 1.29 is 4.79 Å². The number of nitrogens with zero attached hydrogens (tertiary/aromatic N) is 3. The van der Waals surface area contributed by atoms with Crippen LogP contribution in [0.5, 0.6) is 0 Å². The number of aromatic nitrogens is 3. The van der Waals surface area contributed by atoms with Gasteiger partial charge in [0.1, 0.15) is 0 Å². The van der Waals surface area contributed by atoms with Crippen molar-refractivity contribution in [3.8, 4) is 0 Å². The molecule has 0 aromatic carbocycles. The number of rotatable bonds is 5. The molecule has 0 radical (unpaired) electrons. The van der Waals surface area contributed by atoms with E-state index in [-0.39, 0.29) is 11.7 Å². The molecular formula is C12H16N4O2S. The molecule has 2 heterocycles. The molecule has 2 aromatic heterocycles. The minimum atomic E-state index is -0.423. The van der Waals surface area contributed by atoms with Crippen molar-refractivity contribution in [2.24, 2.45) is 5.73 Å². The molecular weight excluding hydrogens is 264 g/mol. The molecule has 0 spiro atoms. The molecule has 0 saturated carbocycles. The molecule has 0 aliphatic heterocycles. The summed E-state index contributed by atoms with van der Waals surface area (Å²) in [6.45, 7) is 2.61. The molecule has 0 aliphatic rings. The topological polar surface area (TPSA) is 82.4 Å². The smallest absolute Gasteiger partial charge is 0.330 e. The molecule has 7 heteroatoms. The van der Waals surface area contributed by atoms with Crippen LogP contribution in [-0.4, -0.2) is 37.6 Å². The molecule has 19 heavy (non-hydrogen) atoms. The van der Waals surface area contributed by atoms with Gasteiger partial charge in [0, 0.05) is 11.4 Å². The first-order valence-electron chi connectivity index (χ1n) is 6.04. The second-order valence-corrected chi connectivity index (χ2v) is 5.64. The lowest BCUT2D eigenvalue weighted by molar-refractivity contribution is 0.0922. The van der Waals surface area contributed by atoms with Crippen LogP contribution in [0.2, 0.25) is 0 Å². The fraction of sp³-hybridized carbons (Fsp3) is 0.417. The van der Waals surface area contributed by atoms with Crippen LogP contribution in [0.15, 0.2) is 29.2 Å². The average molecular weight is 280 g/mol. The molecule has 0 bridgehead atoms. The van der Waals surface area contributed by atoms with Crippen LogP contribution in [0.3, 0.4) is 0 Å². The summed E-state index contributed by atoms with van der Waals surface area (Å²) in [4.78, 5) is 23.9. The van der Waals surface area contributed by atoms with Crippen LogP contribution in [0.4, 0.5) is 0 Å². The summed E-state index contributed by atoms with van der Waals surface area (Å²) in [7, 11) is 0. The van der Waals surface area contributed by atoms with Crippen LogP contribution in [0, 0.1) is 0 Å². The van der Waals surface area contributed by atoms with Gasteiger partial charge >= 0.3 is 5.69 Å². The van der Waals surface area contributed by atoms with Gasteiger partial charge in [0.05, 0.1) is 5.75 Å². The van der Waals surface area contributed by atoms with E-state index in [9.17, 15) is 9.59 Å². The van der Waals surface area contributed by atoms with Crippen LogP contribution in [-0.2, 0) is 0 Å². The van der Waals surface area contributed by atoms with Gasteiger partial charge in [-0.15, -0.1) is 21.5 Å². The van der Waals surface area contributed by atoms with Crippen LogP contribution in [0.1, 0.15) is 18.1 Å². The lowest BCUT2D eigenvalue weighted by atomic mass is 10.3. The highest BCUT2D eigenvalue weighted by molar-refractivity contribution is 8.00. The lowest BCUT2D eigenvalue weighted by Crippen LogP contribution is -2.29. The SMILES string of the molecule is CC(CCN)SCC(=O)n1nc2ccccn2c1=O. The van der Waals surface area contributed by atoms with E-state index in [0.29, 0.717) is 17.4 Å². The average Bonchev–Trinajstić information content (AvgIpc) is 2.74. The number of fused-ring (bicyclic) bond motifs is 1. The third-order valence-corrected chi connectivity index (χ3v) is 3.95. The molecule has 102 valence electrons. The van der Waals surface area contributed by atoms with Gasteiger partial charge in [0.15, 0.2) is 5.65 Å². The molecule has 6 nitrogen and oxygen atoms in total. The van der Waals surface area contributed by atoms with Gasteiger partial charge < -0.3 is 5.73 Å². The van der Waals surface area contributed by atoms with Gasteiger partial charge in [-0.2, -0.15) is 0 Å². The van der Waals surface area contributed by atoms with E-state index in [1.807, 2.05) is 6.92 Å². The molecule has 0 saturated heterocycles. The van der Waals surface area contributed by atoms with Crippen molar-refractivity contribution in [3.05, 3.63) is 34.9 Å². The van der Waals surface area contributed by atoms with Gasteiger partial charge in [0.25, 0.3) is 5.91 Å². The third kappa shape index (κ3) is 3.05. The number of carbonyl (C=O) groups is 1. The summed E-state index contributed by atoms with van der Waals surface area (Å²) in [5.41, 5.74) is 5.50. The Kier molecular flexibility index (Phi) is 4.39. The maximum absolute atomic E-state index is 12.0. The molecule has 2 rings (SSSR count). The molecule has 2 N–H and O–H groups in total. The summed E-state index contributed by atoms with van der Waals surface area (Å²) in [6, 6.07) is 5.19. The largest absolute Gasteiger partial charge is 0.357 e. The molecule has 1 unspecified atom stereocenters. The maximum atomic E-state index is 12.0. The zero-order valence-electron chi connectivity index (χ0n) is 10.7. The number of carbonyl (C=O) groups excluding carboxylic acids is 1. The van der Waals surface area contributed by atoms with Gasteiger partial charge in [-0.05, 0) is 25.1 Å². The van der Waals surface area contributed by atoms with Crippen LogP contribution in [0.25, 0.3) is 5.65 Å². The summed E-state index contributed by atoms with van der Waals surface area (Å²) < 4.78 is 2.28. The van der Waals surface area contributed by atoms with Crippen molar-refractivity contribution in [1.82, 2.24) is 14.2 Å². The third-order valence-electron chi connectivity index (χ3n) is 2.73. The number of pyridine rings is 1. The number of hydrogen-bond donors (Lipinski definition) is 1. The number of hydrogen-bond acceptors (Lipinski definition) is 5. The summed E-state index contributed by atoms with van der Waals surface area (Å²) in [5, 5.41) is 4.31. The Bertz CT molecular complexity index is 634. The predicted octanol–water partition coefficient (Wildman–Crippen LogP) is 0.607. The quantitative estimate of drug-likeness (QED) is 0.867. The maximum Gasteiger partial charge on any atom is 0.357 e. The number of nitrogens with two attached hydrogens (primary N) is 1. The Morgan fingerprint density at radius 3 is 3.00 bits per heavy atom. The molecule has 1 atom stereocenters. The van der Waals surface area contributed by atoms with Gasteiger partial charge in [-0.3, -0.25) is 4.79 Å². The van der Waals surface area contributed by atoms with Gasteiger partial charge in [0.2, 0.25) is 0 Å². The molecule has 0 aliphatic carbocycles. The predicted molar refractivity (Wildman–Crippen MR) is 75.7 cm³/mol. The lowest BCUT2D eigenvalue weighted by Gasteiger charge is -2.07. The van der Waals surface area contributed by atoms with Gasteiger partial charge in [-0.1, -0.05) is 13.0 Å². The van der Waals surface area contributed by atoms with Crippen LogP contribution < -0.4 is 11.4 Å². The Morgan fingerprint density at radius 1 is 1.53 bits per heavy atom. The van der Waals surface area contributed by atoms with Crippen LogP contribution >= 0.6 is 11.8 Å². The normalized spacial score (nSPS) is 12.7. The second-order valence-electron chi connectivity index (χ2n) is 4.22. The zero-order chi connectivity index (χ0) is 13.8. The number of thioether (sulfide) groups is 1. The van der Waals surface area contributed by atoms with Crippen molar-refractivity contribution >= 4 is 23.3 Å². The Morgan fingerprint density at radius 2 is 2.32 bits per heavy atom. The van der Waals surface area contributed by atoms with Gasteiger partial charge in [-0.25, -0.2) is 9.20 Å². The summed E-state index contributed by atoms with van der Waals surface area (Å²) in [5.74, 6) is -0.0760. The monoisotopic (exact) mass is 280 g/mol. The Balaban J connectivity index is 2.14.